The third kappa shape index (κ3) is 3.85. The number of fused-ring (bicyclic) bond motifs is 5. The van der Waals surface area contributed by atoms with E-state index in [1.54, 1.807) is 24.3 Å². The topological polar surface area (TPSA) is 76.7 Å². The van der Waals surface area contributed by atoms with Gasteiger partial charge in [0.25, 0.3) is 0 Å². The minimum absolute atomic E-state index is 0.0781. The molecule has 2 bridgehead atoms. The lowest BCUT2D eigenvalue weighted by molar-refractivity contribution is 0.111. The van der Waals surface area contributed by atoms with Crippen molar-refractivity contribution in [3.63, 3.8) is 0 Å². The molecule has 0 amide bonds. The molecule has 9 heteroatoms. The van der Waals surface area contributed by atoms with Crippen molar-refractivity contribution in [1.82, 2.24) is 20.2 Å². The van der Waals surface area contributed by atoms with Crippen LogP contribution in [0.3, 0.4) is 0 Å². The molecule has 6 heterocycles. The highest BCUT2D eigenvalue weighted by atomic mass is 19.1. The normalized spacial score (nSPS) is 28.1. The van der Waals surface area contributed by atoms with E-state index in [0.29, 0.717) is 53.9 Å². The molecule has 40 heavy (non-hydrogen) atoms. The van der Waals surface area contributed by atoms with Crippen LogP contribution in [0.25, 0.3) is 32.8 Å². The largest absolute Gasteiger partial charge is 0.508 e. The predicted molar refractivity (Wildman–Crippen MR) is 151 cm³/mol. The lowest BCUT2D eigenvalue weighted by Crippen LogP contribution is -2.51. The second-order valence-electron chi connectivity index (χ2n) is 12.1. The molecule has 2 aromatic heterocycles. The van der Waals surface area contributed by atoms with Gasteiger partial charge in [0, 0.05) is 66.7 Å². The third-order valence-electron chi connectivity index (χ3n) is 9.59. The second kappa shape index (κ2) is 9.04. The standard InChI is InChI=1S/C31H33F2N5O2/c32-19-12-31(7-2-8-38(31)14-19)17-40-27-11-24-25(23-10-22(39)9-18-3-1-4-26(33)28(18)23)13-34-29(24)30(36-27)37-15-20-5-6-21(16-37)35-20/h1,3-4,9-11,13,19-21,34-35,39H,2,5-8,12,14-17H2/t19-,20?,21?,31+/m1/s1. The molecule has 4 aromatic rings. The van der Waals surface area contributed by atoms with E-state index < -0.39 is 6.17 Å². The van der Waals surface area contributed by atoms with Gasteiger partial charge in [0.05, 0.1) is 11.1 Å². The van der Waals surface area contributed by atoms with Crippen LogP contribution in [0.5, 0.6) is 11.6 Å². The number of phenols is 1. The highest BCUT2D eigenvalue weighted by molar-refractivity contribution is 6.08. The maximum Gasteiger partial charge on any atom is 0.216 e. The number of phenolic OH excluding ortho intramolecular Hbond substituents is 1. The summed E-state index contributed by atoms with van der Waals surface area (Å²) in [6.45, 7) is 3.47. The maximum atomic E-state index is 15.2. The molecule has 0 saturated carbocycles. The smallest absolute Gasteiger partial charge is 0.216 e. The van der Waals surface area contributed by atoms with E-state index in [1.165, 1.54) is 6.07 Å². The van der Waals surface area contributed by atoms with E-state index >= 15 is 4.39 Å². The van der Waals surface area contributed by atoms with Gasteiger partial charge in [-0.1, -0.05) is 12.1 Å². The molecule has 4 aliphatic rings. The Morgan fingerprint density at radius 1 is 1.10 bits per heavy atom. The number of pyridine rings is 1. The van der Waals surface area contributed by atoms with Crippen LogP contribution in [0.4, 0.5) is 14.6 Å². The van der Waals surface area contributed by atoms with Gasteiger partial charge in [-0.2, -0.15) is 4.98 Å². The van der Waals surface area contributed by atoms with E-state index in [2.05, 4.69) is 20.1 Å². The maximum absolute atomic E-state index is 15.2. The van der Waals surface area contributed by atoms with Gasteiger partial charge in [0.15, 0.2) is 5.82 Å². The molecule has 2 aromatic carbocycles. The molecule has 0 aliphatic carbocycles. The van der Waals surface area contributed by atoms with Gasteiger partial charge in [-0.3, -0.25) is 4.90 Å². The van der Waals surface area contributed by atoms with Crippen molar-refractivity contribution < 1.29 is 18.6 Å². The fourth-order valence-corrected chi connectivity index (χ4v) is 7.82. The molecule has 7 nitrogen and oxygen atoms in total. The summed E-state index contributed by atoms with van der Waals surface area (Å²) < 4.78 is 36.1. The van der Waals surface area contributed by atoms with E-state index in [1.807, 2.05) is 12.3 Å². The fourth-order valence-electron chi connectivity index (χ4n) is 7.82. The van der Waals surface area contributed by atoms with Crippen molar-refractivity contribution >= 4 is 27.5 Å². The summed E-state index contributed by atoms with van der Waals surface area (Å²) in [6.07, 6.45) is 5.81. The average Bonchev–Trinajstić information content (AvgIpc) is 3.68. The molecule has 4 atom stereocenters. The molecule has 8 rings (SSSR count). The number of halogens is 2. The SMILES string of the molecule is Oc1cc(-c2c[nH]c3c(N4CC5CCC(C4)N5)nc(OC[C@@]45CCCN4C[C@H](F)C5)cc23)c2c(F)cccc2c1. The van der Waals surface area contributed by atoms with Crippen LogP contribution >= 0.6 is 0 Å². The van der Waals surface area contributed by atoms with Gasteiger partial charge in [-0.25, -0.2) is 8.78 Å². The number of ether oxygens (including phenoxy) is 1. The first-order chi connectivity index (χ1) is 19.5. The van der Waals surface area contributed by atoms with Gasteiger partial charge >= 0.3 is 0 Å². The molecule has 4 aliphatic heterocycles. The first-order valence-electron chi connectivity index (χ1n) is 14.4. The summed E-state index contributed by atoms with van der Waals surface area (Å²) >= 11 is 0. The van der Waals surface area contributed by atoms with E-state index in [4.69, 9.17) is 9.72 Å². The number of H-pyrrole nitrogens is 1. The predicted octanol–water partition coefficient (Wildman–Crippen LogP) is 5.12. The molecular formula is C31H33F2N5O2. The number of aromatic nitrogens is 2. The lowest BCUT2D eigenvalue weighted by Gasteiger charge is -2.34. The zero-order valence-corrected chi connectivity index (χ0v) is 22.3. The van der Waals surface area contributed by atoms with Crippen LogP contribution in [-0.2, 0) is 0 Å². The molecule has 2 unspecified atom stereocenters. The lowest BCUT2D eigenvalue weighted by atomic mass is 9.95. The van der Waals surface area contributed by atoms with Crippen LogP contribution < -0.4 is 15.0 Å². The Labute approximate surface area is 231 Å². The van der Waals surface area contributed by atoms with E-state index in [0.717, 1.165) is 67.6 Å². The van der Waals surface area contributed by atoms with Crippen molar-refractivity contribution in [2.45, 2.75) is 55.9 Å². The number of benzene rings is 2. The second-order valence-corrected chi connectivity index (χ2v) is 12.1. The number of alkyl halides is 1. The number of hydrogen-bond donors (Lipinski definition) is 3. The van der Waals surface area contributed by atoms with Crippen molar-refractivity contribution in [2.75, 3.05) is 37.7 Å². The van der Waals surface area contributed by atoms with Crippen LogP contribution in [0.15, 0.2) is 42.6 Å². The minimum atomic E-state index is -0.823. The first-order valence-corrected chi connectivity index (χ1v) is 14.4. The van der Waals surface area contributed by atoms with Crippen LogP contribution in [0.1, 0.15) is 32.1 Å². The highest BCUT2D eigenvalue weighted by Gasteiger charge is 2.49. The first kappa shape index (κ1) is 24.4. The Hall–Kier alpha value is -3.43. The van der Waals surface area contributed by atoms with Crippen LogP contribution in [0, 0.1) is 5.82 Å². The van der Waals surface area contributed by atoms with Crippen LogP contribution in [0.2, 0.25) is 0 Å². The van der Waals surface area contributed by atoms with Gasteiger partial charge in [0.1, 0.15) is 24.3 Å². The summed E-state index contributed by atoms with van der Waals surface area (Å²) in [5.41, 5.74) is 1.97. The summed E-state index contributed by atoms with van der Waals surface area (Å²) in [7, 11) is 0. The summed E-state index contributed by atoms with van der Waals surface area (Å²) in [6, 6.07) is 10.9. The Bertz CT molecular complexity index is 1610. The number of nitrogens with one attached hydrogen (secondary N) is 2. The summed E-state index contributed by atoms with van der Waals surface area (Å²) in [5, 5.41) is 16.2. The number of hydrogen-bond acceptors (Lipinski definition) is 6. The molecule has 3 N–H and O–H groups in total. The molecule has 4 saturated heterocycles. The van der Waals surface area contributed by atoms with Crippen LogP contribution in [-0.4, -0.2) is 76.6 Å². The zero-order chi connectivity index (χ0) is 27.0. The molecule has 4 fully saturated rings. The Balaban J connectivity index is 1.25. The third-order valence-corrected chi connectivity index (χ3v) is 9.59. The molecular weight excluding hydrogens is 512 g/mol. The number of nitrogens with zero attached hydrogens (tertiary/aromatic N) is 3. The van der Waals surface area contributed by atoms with Gasteiger partial charge < -0.3 is 25.0 Å². The summed E-state index contributed by atoms with van der Waals surface area (Å²) in [5.74, 6) is 1.04. The monoisotopic (exact) mass is 545 g/mol. The Morgan fingerprint density at radius 3 is 2.80 bits per heavy atom. The fraction of sp³-hybridized carbons (Fsp3) is 0.452. The number of anilines is 1. The minimum Gasteiger partial charge on any atom is -0.508 e. The zero-order valence-electron chi connectivity index (χ0n) is 22.3. The average molecular weight is 546 g/mol. The number of aromatic hydroxyl groups is 1. The number of aromatic amines is 1. The molecule has 0 spiro atoms. The van der Waals surface area contributed by atoms with Gasteiger partial charge in [-0.05, 0) is 61.4 Å². The van der Waals surface area contributed by atoms with Crippen molar-refractivity contribution in [2.24, 2.45) is 0 Å². The van der Waals surface area contributed by atoms with Gasteiger partial charge in [0.2, 0.25) is 5.88 Å². The van der Waals surface area contributed by atoms with Crippen molar-refractivity contribution in [3.8, 4) is 22.8 Å². The van der Waals surface area contributed by atoms with Crippen molar-refractivity contribution in [1.29, 1.82) is 0 Å². The van der Waals surface area contributed by atoms with E-state index in [9.17, 15) is 9.50 Å². The quantitative estimate of drug-likeness (QED) is 0.323. The van der Waals surface area contributed by atoms with E-state index in [-0.39, 0.29) is 17.1 Å². The Morgan fingerprint density at radius 2 is 1.95 bits per heavy atom. The van der Waals surface area contributed by atoms with Crippen molar-refractivity contribution in [3.05, 3.63) is 48.4 Å². The highest BCUT2D eigenvalue weighted by Crippen LogP contribution is 2.43. The summed E-state index contributed by atoms with van der Waals surface area (Å²) in [4.78, 5) is 13.0. The van der Waals surface area contributed by atoms with Gasteiger partial charge in [-0.15, -0.1) is 0 Å². The number of piperazine rings is 1. The molecule has 0 radical (unpaired) electrons. The Kier molecular flexibility index (Phi) is 5.51. The molecule has 208 valence electrons. The number of rotatable bonds is 5.